The number of hydrogen-bond donors (Lipinski definition) is 2. The molecule has 2 amide bonds. The van der Waals surface area contributed by atoms with Crippen molar-refractivity contribution in [2.24, 2.45) is 0 Å². The number of rotatable bonds is 2. The van der Waals surface area contributed by atoms with Gasteiger partial charge in [0, 0.05) is 19.1 Å². The van der Waals surface area contributed by atoms with Crippen molar-refractivity contribution in [3.8, 4) is 5.75 Å². The molecule has 0 bridgehead atoms. The van der Waals surface area contributed by atoms with E-state index < -0.39 is 11.7 Å². The Balaban J connectivity index is 1.94. The number of amides is 2. The molecule has 0 unspecified atom stereocenters. The number of alkyl carbamates (subject to hydrolysis) is 1. The number of carbonyl (C=O) groups is 2. The number of halogens is 1. The molecule has 1 aromatic rings. The van der Waals surface area contributed by atoms with Crippen LogP contribution in [-0.4, -0.2) is 46.7 Å². The van der Waals surface area contributed by atoms with E-state index in [1.54, 1.807) is 17.0 Å². The highest BCUT2D eigenvalue weighted by molar-refractivity contribution is 9.10. The zero-order chi connectivity index (χ0) is 18.8. The first-order chi connectivity index (χ1) is 11.6. The third kappa shape index (κ3) is 5.36. The van der Waals surface area contributed by atoms with E-state index in [1.165, 1.54) is 0 Å². The fourth-order valence-corrected chi connectivity index (χ4v) is 3.34. The van der Waals surface area contributed by atoms with Gasteiger partial charge in [0.25, 0.3) is 5.91 Å². The number of piperidine rings is 1. The average Bonchev–Trinajstić information content (AvgIpc) is 2.49. The second-order valence-corrected chi connectivity index (χ2v) is 8.21. The SMILES string of the molecule is Cc1cc(Br)c(O)c(C(=O)N2CCC(NC(=O)OC(C)(C)C)CC2)c1. The van der Waals surface area contributed by atoms with Gasteiger partial charge in [0.05, 0.1) is 10.0 Å². The summed E-state index contributed by atoms with van der Waals surface area (Å²) in [5.41, 5.74) is 0.663. The van der Waals surface area contributed by atoms with Crippen LogP contribution in [0.25, 0.3) is 0 Å². The van der Waals surface area contributed by atoms with Crippen LogP contribution in [0, 0.1) is 6.92 Å². The molecular weight excluding hydrogens is 388 g/mol. The first-order valence-corrected chi connectivity index (χ1v) is 9.14. The molecule has 1 aliphatic rings. The molecule has 1 aromatic carbocycles. The number of carbonyl (C=O) groups excluding carboxylic acids is 2. The predicted molar refractivity (Wildman–Crippen MR) is 98.8 cm³/mol. The molecular formula is C18H25BrN2O4. The fourth-order valence-electron chi connectivity index (χ4n) is 2.77. The summed E-state index contributed by atoms with van der Waals surface area (Å²) in [4.78, 5) is 26.2. The van der Waals surface area contributed by atoms with Crippen molar-refractivity contribution in [3.63, 3.8) is 0 Å². The maximum Gasteiger partial charge on any atom is 0.407 e. The van der Waals surface area contributed by atoms with Crippen molar-refractivity contribution in [1.29, 1.82) is 0 Å². The molecule has 0 atom stereocenters. The number of nitrogens with zero attached hydrogens (tertiary/aromatic N) is 1. The topological polar surface area (TPSA) is 78.9 Å². The molecule has 0 spiro atoms. The largest absolute Gasteiger partial charge is 0.506 e. The number of benzene rings is 1. The third-order valence-corrected chi connectivity index (χ3v) is 4.55. The summed E-state index contributed by atoms with van der Waals surface area (Å²) >= 11 is 3.27. The summed E-state index contributed by atoms with van der Waals surface area (Å²) < 4.78 is 5.77. The first-order valence-electron chi connectivity index (χ1n) is 8.35. The second kappa shape index (κ2) is 7.64. The summed E-state index contributed by atoms with van der Waals surface area (Å²) in [6.07, 6.45) is 0.870. The number of aryl methyl sites for hydroxylation is 1. The van der Waals surface area contributed by atoms with Gasteiger partial charge in [0.1, 0.15) is 11.4 Å². The Morgan fingerprint density at radius 1 is 1.28 bits per heavy atom. The Morgan fingerprint density at radius 3 is 2.44 bits per heavy atom. The summed E-state index contributed by atoms with van der Waals surface area (Å²) in [7, 11) is 0. The summed E-state index contributed by atoms with van der Waals surface area (Å²) in [6.45, 7) is 8.37. The van der Waals surface area contributed by atoms with Gasteiger partial charge in [-0.25, -0.2) is 4.79 Å². The van der Waals surface area contributed by atoms with Crippen LogP contribution in [0.2, 0.25) is 0 Å². The van der Waals surface area contributed by atoms with E-state index in [0.717, 1.165) is 5.56 Å². The van der Waals surface area contributed by atoms with E-state index in [2.05, 4.69) is 21.2 Å². The van der Waals surface area contributed by atoms with Crippen LogP contribution in [-0.2, 0) is 4.74 Å². The average molecular weight is 413 g/mol. The third-order valence-electron chi connectivity index (χ3n) is 3.94. The van der Waals surface area contributed by atoms with Crippen LogP contribution in [0.4, 0.5) is 4.79 Å². The van der Waals surface area contributed by atoms with Crippen LogP contribution in [0.5, 0.6) is 5.75 Å². The highest BCUT2D eigenvalue weighted by atomic mass is 79.9. The molecule has 0 aliphatic carbocycles. The number of phenolic OH excluding ortho intramolecular Hbond substituents is 1. The van der Waals surface area contributed by atoms with Crippen LogP contribution >= 0.6 is 15.9 Å². The fraction of sp³-hybridized carbons (Fsp3) is 0.556. The predicted octanol–water partition coefficient (Wildman–Crippen LogP) is 3.59. The molecule has 0 saturated carbocycles. The van der Waals surface area contributed by atoms with Gasteiger partial charge in [-0.2, -0.15) is 0 Å². The second-order valence-electron chi connectivity index (χ2n) is 7.36. The smallest absolute Gasteiger partial charge is 0.407 e. The summed E-state index contributed by atoms with van der Waals surface area (Å²) in [6, 6.07) is 3.44. The van der Waals surface area contributed by atoms with Gasteiger partial charge in [0.2, 0.25) is 0 Å². The summed E-state index contributed by atoms with van der Waals surface area (Å²) in [5, 5.41) is 13.0. The minimum Gasteiger partial charge on any atom is -0.506 e. The van der Waals surface area contributed by atoms with Gasteiger partial charge in [-0.1, -0.05) is 0 Å². The number of likely N-dealkylation sites (tertiary alicyclic amines) is 1. The van der Waals surface area contributed by atoms with Crippen molar-refractivity contribution < 1.29 is 19.4 Å². The minimum absolute atomic E-state index is 0.0169. The highest BCUT2D eigenvalue weighted by Crippen LogP contribution is 2.30. The Labute approximate surface area is 156 Å². The molecule has 0 radical (unpaired) electrons. The van der Waals surface area contributed by atoms with Gasteiger partial charge in [0.15, 0.2) is 0 Å². The lowest BCUT2D eigenvalue weighted by atomic mass is 10.0. The molecule has 2 N–H and O–H groups in total. The Hall–Kier alpha value is -1.76. The lowest BCUT2D eigenvalue weighted by Gasteiger charge is -2.33. The van der Waals surface area contributed by atoms with Gasteiger partial charge in [-0.15, -0.1) is 0 Å². The first kappa shape index (κ1) is 19.6. The van der Waals surface area contributed by atoms with E-state index in [-0.39, 0.29) is 17.7 Å². The van der Waals surface area contributed by atoms with Crippen LogP contribution < -0.4 is 5.32 Å². The molecule has 2 rings (SSSR count). The maximum absolute atomic E-state index is 12.7. The van der Waals surface area contributed by atoms with Crippen LogP contribution in [0.1, 0.15) is 49.5 Å². The molecule has 1 heterocycles. The van der Waals surface area contributed by atoms with Crippen molar-refractivity contribution >= 4 is 27.9 Å². The van der Waals surface area contributed by atoms with Crippen molar-refractivity contribution in [2.75, 3.05) is 13.1 Å². The Morgan fingerprint density at radius 2 is 1.88 bits per heavy atom. The molecule has 1 aliphatic heterocycles. The molecule has 138 valence electrons. The number of hydrogen-bond acceptors (Lipinski definition) is 4. The van der Waals surface area contributed by atoms with Gasteiger partial charge >= 0.3 is 6.09 Å². The molecule has 25 heavy (non-hydrogen) atoms. The Kier molecular flexibility index (Phi) is 5.98. The van der Waals surface area contributed by atoms with E-state index >= 15 is 0 Å². The quantitative estimate of drug-likeness (QED) is 0.777. The lowest BCUT2D eigenvalue weighted by molar-refractivity contribution is 0.0473. The Bertz CT molecular complexity index is 662. The number of aromatic hydroxyl groups is 1. The highest BCUT2D eigenvalue weighted by Gasteiger charge is 2.27. The number of phenols is 1. The standard InChI is InChI=1S/C18H25BrN2O4/c1-11-9-13(15(22)14(19)10-11)16(23)21-7-5-12(6-8-21)20-17(24)25-18(2,3)4/h9-10,12,22H,5-8H2,1-4H3,(H,20,24). The van der Waals surface area contributed by atoms with E-state index in [9.17, 15) is 14.7 Å². The number of ether oxygens (including phenoxy) is 1. The maximum atomic E-state index is 12.7. The minimum atomic E-state index is -0.531. The molecule has 6 nitrogen and oxygen atoms in total. The van der Waals surface area contributed by atoms with E-state index in [1.807, 2.05) is 27.7 Å². The molecule has 7 heteroatoms. The number of nitrogens with one attached hydrogen (secondary N) is 1. The van der Waals surface area contributed by atoms with E-state index in [4.69, 9.17) is 4.74 Å². The van der Waals surface area contributed by atoms with Crippen LogP contribution in [0.15, 0.2) is 16.6 Å². The van der Waals surface area contributed by atoms with Gasteiger partial charge < -0.3 is 20.1 Å². The molecule has 1 fully saturated rings. The van der Waals surface area contributed by atoms with E-state index in [0.29, 0.717) is 36.0 Å². The lowest BCUT2D eigenvalue weighted by Crippen LogP contribution is -2.47. The monoisotopic (exact) mass is 412 g/mol. The van der Waals surface area contributed by atoms with Crippen molar-refractivity contribution in [1.82, 2.24) is 10.2 Å². The normalized spacial score (nSPS) is 15.8. The zero-order valence-electron chi connectivity index (χ0n) is 15.1. The van der Waals surface area contributed by atoms with Gasteiger partial charge in [-0.3, -0.25) is 4.79 Å². The molecule has 1 saturated heterocycles. The van der Waals surface area contributed by atoms with Crippen molar-refractivity contribution in [2.45, 2.75) is 52.2 Å². The van der Waals surface area contributed by atoms with Crippen LogP contribution in [0.3, 0.4) is 0 Å². The zero-order valence-corrected chi connectivity index (χ0v) is 16.6. The summed E-state index contributed by atoms with van der Waals surface area (Å²) in [5.74, 6) is -0.234. The van der Waals surface area contributed by atoms with Gasteiger partial charge in [-0.05, 0) is 74.2 Å². The van der Waals surface area contributed by atoms with Crippen molar-refractivity contribution in [3.05, 3.63) is 27.7 Å². The molecule has 0 aromatic heterocycles.